The minimum absolute atomic E-state index is 0.105. The van der Waals surface area contributed by atoms with Gasteiger partial charge in [0.05, 0.1) is 12.2 Å². The van der Waals surface area contributed by atoms with Crippen LogP contribution in [0, 0.1) is 5.41 Å². The molecule has 1 fully saturated rings. The van der Waals surface area contributed by atoms with Crippen molar-refractivity contribution < 1.29 is 8.42 Å². The standard InChI is InChI=1S/C11H20N6O2S/c1-9(11(12)13)16-5-7-17(8-6-16)20(18,19)10-3-4-14-15(10)2/h3-4,9H,5-8H2,1-2H3,(H3,12,13). The van der Waals surface area contributed by atoms with E-state index in [1.165, 1.54) is 21.3 Å². The summed E-state index contributed by atoms with van der Waals surface area (Å²) in [5.74, 6) is 0.105. The van der Waals surface area contributed by atoms with Gasteiger partial charge in [-0.3, -0.25) is 15.0 Å². The molecule has 0 radical (unpaired) electrons. The fourth-order valence-corrected chi connectivity index (χ4v) is 3.80. The molecule has 3 N–H and O–H groups in total. The van der Waals surface area contributed by atoms with Crippen molar-refractivity contribution in [3.05, 3.63) is 12.3 Å². The van der Waals surface area contributed by atoms with Crippen LogP contribution in [0.15, 0.2) is 17.3 Å². The number of nitrogens with zero attached hydrogens (tertiary/aromatic N) is 4. The summed E-state index contributed by atoms with van der Waals surface area (Å²) in [6.07, 6.45) is 1.47. The highest BCUT2D eigenvalue weighted by Gasteiger charge is 2.32. The first-order valence-electron chi connectivity index (χ1n) is 6.40. The first-order valence-corrected chi connectivity index (χ1v) is 7.84. The van der Waals surface area contributed by atoms with Gasteiger partial charge in [-0.1, -0.05) is 0 Å². The molecule has 0 bridgehead atoms. The van der Waals surface area contributed by atoms with Crippen LogP contribution in [0.3, 0.4) is 0 Å². The van der Waals surface area contributed by atoms with E-state index in [9.17, 15) is 8.42 Å². The Kier molecular flexibility index (Phi) is 4.11. The molecule has 2 heterocycles. The molecular weight excluding hydrogens is 280 g/mol. The third-order valence-electron chi connectivity index (χ3n) is 3.65. The second kappa shape index (κ2) is 5.51. The molecule has 1 aromatic rings. The average Bonchev–Trinajstić information content (AvgIpc) is 2.85. The molecule has 2 rings (SSSR count). The fourth-order valence-electron chi connectivity index (χ4n) is 2.27. The van der Waals surface area contributed by atoms with Crippen molar-refractivity contribution in [2.24, 2.45) is 12.8 Å². The highest BCUT2D eigenvalue weighted by atomic mass is 32.2. The minimum Gasteiger partial charge on any atom is -0.386 e. The van der Waals surface area contributed by atoms with Gasteiger partial charge in [-0.2, -0.15) is 9.40 Å². The molecule has 0 spiro atoms. The molecule has 1 saturated heterocycles. The van der Waals surface area contributed by atoms with Gasteiger partial charge in [0.25, 0.3) is 10.0 Å². The number of aromatic nitrogens is 2. The Morgan fingerprint density at radius 3 is 2.45 bits per heavy atom. The van der Waals surface area contributed by atoms with Gasteiger partial charge in [0.15, 0.2) is 5.03 Å². The number of rotatable bonds is 4. The first-order chi connectivity index (χ1) is 9.34. The number of hydrogen-bond acceptors (Lipinski definition) is 5. The Morgan fingerprint density at radius 2 is 2.00 bits per heavy atom. The van der Waals surface area contributed by atoms with Crippen LogP contribution in [0.2, 0.25) is 0 Å². The van der Waals surface area contributed by atoms with Crippen LogP contribution < -0.4 is 5.73 Å². The molecule has 112 valence electrons. The smallest absolute Gasteiger partial charge is 0.260 e. The summed E-state index contributed by atoms with van der Waals surface area (Å²) in [6, 6.07) is 1.34. The number of nitrogens with two attached hydrogens (primary N) is 1. The third kappa shape index (κ3) is 2.69. The van der Waals surface area contributed by atoms with Crippen molar-refractivity contribution in [1.29, 1.82) is 5.41 Å². The lowest BCUT2D eigenvalue weighted by Crippen LogP contribution is -2.54. The molecule has 0 aliphatic carbocycles. The van der Waals surface area contributed by atoms with Crippen LogP contribution in [-0.2, 0) is 17.1 Å². The number of hydrogen-bond donors (Lipinski definition) is 2. The van der Waals surface area contributed by atoms with Crippen LogP contribution >= 0.6 is 0 Å². The van der Waals surface area contributed by atoms with Crippen LogP contribution in [0.25, 0.3) is 0 Å². The van der Waals surface area contributed by atoms with E-state index < -0.39 is 10.0 Å². The Balaban J connectivity index is 2.08. The summed E-state index contributed by atoms with van der Waals surface area (Å²) >= 11 is 0. The van der Waals surface area contributed by atoms with Crippen molar-refractivity contribution in [3.8, 4) is 0 Å². The van der Waals surface area contributed by atoms with E-state index in [2.05, 4.69) is 5.10 Å². The number of piperazine rings is 1. The maximum absolute atomic E-state index is 12.5. The van der Waals surface area contributed by atoms with E-state index in [4.69, 9.17) is 11.1 Å². The number of amidine groups is 1. The summed E-state index contributed by atoms with van der Waals surface area (Å²) in [5, 5.41) is 11.5. The molecule has 9 heteroatoms. The van der Waals surface area contributed by atoms with Crippen LogP contribution in [0.5, 0.6) is 0 Å². The van der Waals surface area contributed by atoms with Gasteiger partial charge in [-0.15, -0.1) is 0 Å². The van der Waals surface area contributed by atoms with E-state index in [1.807, 2.05) is 11.8 Å². The average molecular weight is 300 g/mol. The summed E-state index contributed by atoms with van der Waals surface area (Å²) < 4.78 is 27.7. The van der Waals surface area contributed by atoms with Crippen LogP contribution in [0.4, 0.5) is 0 Å². The van der Waals surface area contributed by atoms with Gasteiger partial charge in [0.1, 0.15) is 5.84 Å². The SMILES string of the molecule is CC(C(=N)N)N1CCN(S(=O)(=O)c2ccnn2C)CC1. The number of sulfonamides is 1. The Labute approximate surface area is 118 Å². The Bertz CT molecular complexity index is 588. The summed E-state index contributed by atoms with van der Waals surface area (Å²) in [6.45, 7) is 3.78. The zero-order valence-corrected chi connectivity index (χ0v) is 12.5. The predicted octanol–water partition coefficient (Wildman–Crippen LogP) is -0.949. The normalized spacial score (nSPS) is 19.9. The summed E-state index contributed by atoms with van der Waals surface area (Å²) in [7, 11) is -1.88. The summed E-state index contributed by atoms with van der Waals surface area (Å²) in [4.78, 5) is 2.01. The maximum atomic E-state index is 12.5. The maximum Gasteiger partial charge on any atom is 0.260 e. The Morgan fingerprint density at radius 1 is 1.40 bits per heavy atom. The highest BCUT2D eigenvalue weighted by molar-refractivity contribution is 7.89. The van der Waals surface area contributed by atoms with Gasteiger partial charge in [-0.05, 0) is 13.0 Å². The van der Waals surface area contributed by atoms with E-state index in [0.717, 1.165) is 0 Å². The van der Waals surface area contributed by atoms with Gasteiger partial charge < -0.3 is 5.73 Å². The minimum atomic E-state index is -3.50. The van der Waals surface area contributed by atoms with Crippen molar-refractivity contribution in [2.45, 2.75) is 18.0 Å². The van der Waals surface area contributed by atoms with Crippen LogP contribution in [0.1, 0.15) is 6.92 Å². The molecule has 20 heavy (non-hydrogen) atoms. The van der Waals surface area contributed by atoms with Crippen LogP contribution in [-0.4, -0.2) is 65.5 Å². The molecule has 1 aliphatic rings. The van der Waals surface area contributed by atoms with E-state index in [-0.39, 0.29) is 16.9 Å². The zero-order chi connectivity index (χ0) is 14.9. The van der Waals surface area contributed by atoms with Gasteiger partial charge in [0.2, 0.25) is 0 Å². The van der Waals surface area contributed by atoms with Gasteiger partial charge in [0, 0.05) is 33.2 Å². The molecule has 1 aromatic heterocycles. The lowest BCUT2D eigenvalue weighted by atomic mass is 10.2. The second-order valence-electron chi connectivity index (χ2n) is 4.86. The molecule has 1 aliphatic heterocycles. The van der Waals surface area contributed by atoms with Crippen molar-refractivity contribution in [3.63, 3.8) is 0 Å². The molecule has 0 aromatic carbocycles. The lowest BCUT2D eigenvalue weighted by Gasteiger charge is -2.36. The lowest BCUT2D eigenvalue weighted by molar-refractivity contribution is 0.173. The molecule has 0 saturated carbocycles. The monoisotopic (exact) mass is 300 g/mol. The first kappa shape index (κ1) is 14.9. The molecular formula is C11H20N6O2S. The van der Waals surface area contributed by atoms with Crippen molar-refractivity contribution in [2.75, 3.05) is 26.2 Å². The van der Waals surface area contributed by atoms with E-state index in [0.29, 0.717) is 26.2 Å². The molecule has 8 nitrogen and oxygen atoms in total. The molecule has 1 atom stereocenters. The second-order valence-corrected chi connectivity index (χ2v) is 6.75. The highest BCUT2D eigenvalue weighted by Crippen LogP contribution is 2.17. The number of aryl methyl sites for hydroxylation is 1. The third-order valence-corrected chi connectivity index (χ3v) is 5.63. The quantitative estimate of drug-likeness (QED) is 0.550. The van der Waals surface area contributed by atoms with Crippen molar-refractivity contribution in [1.82, 2.24) is 19.0 Å². The van der Waals surface area contributed by atoms with Gasteiger partial charge in [-0.25, -0.2) is 8.42 Å². The predicted molar refractivity (Wildman–Crippen MR) is 74.9 cm³/mol. The van der Waals surface area contributed by atoms with E-state index >= 15 is 0 Å². The van der Waals surface area contributed by atoms with Crippen molar-refractivity contribution >= 4 is 15.9 Å². The topological polar surface area (TPSA) is 108 Å². The fraction of sp³-hybridized carbons (Fsp3) is 0.636. The zero-order valence-electron chi connectivity index (χ0n) is 11.7. The molecule has 0 amide bonds. The van der Waals surface area contributed by atoms with Gasteiger partial charge >= 0.3 is 0 Å². The Hall–Kier alpha value is -1.45. The largest absolute Gasteiger partial charge is 0.386 e. The number of nitrogens with one attached hydrogen (secondary N) is 1. The van der Waals surface area contributed by atoms with E-state index in [1.54, 1.807) is 7.05 Å². The molecule has 1 unspecified atom stereocenters. The summed E-state index contributed by atoms with van der Waals surface area (Å²) in [5.41, 5.74) is 5.48.